The topological polar surface area (TPSA) is 112 Å². The molecule has 0 radical (unpaired) electrons. The minimum atomic E-state index is -0.137. The van der Waals surface area contributed by atoms with Gasteiger partial charge in [-0.25, -0.2) is 4.99 Å². The SMILES string of the molecule is NC(N)=NC(N)=Nc1ccccc1C1OC2CCCCC2c2sccc21. The van der Waals surface area contributed by atoms with Crippen LogP contribution in [0.4, 0.5) is 5.69 Å². The molecule has 0 bridgehead atoms. The number of aliphatic imine (C=N–C) groups is 2. The molecule has 0 amide bonds. The van der Waals surface area contributed by atoms with E-state index in [4.69, 9.17) is 21.9 Å². The second kappa shape index (κ2) is 7.09. The Morgan fingerprint density at radius 2 is 1.85 bits per heavy atom. The normalized spacial score (nSPS) is 25.2. The molecule has 1 aliphatic carbocycles. The van der Waals surface area contributed by atoms with Gasteiger partial charge in [0.2, 0.25) is 5.96 Å². The van der Waals surface area contributed by atoms with Gasteiger partial charge < -0.3 is 21.9 Å². The summed E-state index contributed by atoms with van der Waals surface area (Å²) in [4.78, 5) is 9.69. The van der Waals surface area contributed by atoms with Crippen molar-refractivity contribution in [3.8, 4) is 0 Å². The Hall–Kier alpha value is -2.38. The lowest BCUT2D eigenvalue weighted by Crippen LogP contribution is -2.32. The van der Waals surface area contributed by atoms with E-state index in [0.29, 0.717) is 5.92 Å². The summed E-state index contributed by atoms with van der Waals surface area (Å²) < 4.78 is 6.58. The summed E-state index contributed by atoms with van der Waals surface area (Å²) in [6, 6.07) is 10.0. The van der Waals surface area contributed by atoms with Crippen LogP contribution in [0.2, 0.25) is 0 Å². The molecule has 1 aromatic carbocycles. The first kappa shape index (κ1) is 17.1. The van der Waals surface area contributed by atoms with Crippen LogP contribution in [-0.4, -0.2) is 18.0 Å². The van der Waals surface area contributed by atoms with Crippen molar-refractivity contribution in [2.24, 2.45) is 27.2 Å². The number of thiophene rings is 1. The molecule has 0 spiro atoms. The van der Waals surface area contributed by atoms with Crippen molar-refractivity contribution in [3.05, 3.63) is 51.7 Å². The maximum Gasteiger partial charge on any atom is 0.223 e. The first-order chi connectivity index (χ1) is 12.6. The van der Waals surface area contributed by atoms with E-state index in [1.807, 2.05) is 35.6 Å². The number of benzene rings is 1. The van der Waals surface area contributed by atoms with Gasteiger partial charge in [-0.2, -0.15) is 4.99 Å². The van der Waals surface area contributed by atoms with E-state index in [2.05, 4.69) is 21.4 Å². The lowest BCUT2D eigenvalue weighted by atomic mass is 9.80. The van der Waals surface area contributed by atoms with Crippen LogP contribution in [0, 0.1) is 0 Å². The predicted molar refractivity (Wildman–Crippen MR) is 106 cm³/mol. The van der Waals surface area contributed by atoms with Gasteiger partial charge in [0, 0.05) is 16.4 Å². The number of hydrogen-bond acceptors (Lipinski definition) is 3. The van der Waals surface area contributed by atoms with Gasteiger partial charge in [-0.1, -0.05) is 31.0 Å². The van der Waals surface area contributed by atoms with Crippen LogP contribution in [-0.2, 0) is 4.74 Å². The van der Waals surface area contributed by atoms with Crippen LogP contribution in [0.25, 0.3) is 0 Å². The molecule has 2 aromatic rings. The average Bonchev–Trinajstić information content (AvgIpc) is 3.11. The van der Waals surface area contributed by atoms with E-state index in [1.165, 1.54) is 29.7 Å². The zero-order chi connectivity index (χ0) is 18.1. The van der Waals surface area contributed by atoms with Crippen molar-refractivity contribution in [1.82, 2.24) is 0 Å². The van der Waals surface area contributed by atoms with E-state index in [1.54, 1.807) is 0 Å². The molecule has 0 saturated heterocycles. The fourth-order valence-electron chi connectivity index (χ4n) is 3.99. The van der Waals surface area contributed by atoms with Gasteiger partial charge in [0.15, 0.2) is 5.96 Å². The van der Waals surface area contributed by atoms with Gasteiger partial charge in [-0.05, 0) is 35.9 Å². The van der Waals surface area contributed by atoms with Gasteiger partial charge in [0.1, 0.15) is 6.10 Å². The van der Waals surface area contributed by atoms with E-state index in [-0.39, 0.29) is 24.1 Å². The van der Waals surface area contributed by atoms with Crippen LogP contribution in [0.15, 0.2) is 45.7 Å². The summed E-state index contributed by atoms with van der Waals surface area (Å²) in [5, 5.41) is 2.16. The molecule has 1 aliphatic heterocycles. The zero-order valence-corrected chi connectivity index (χ0v) is 15.3. The Labute approximate surface area is 156 Å². The van der Waals surface area contributed by atoms with Crippen molar-refractivity contribution in [2.45, 2.75) is 43.8 Å². The number of guanidine groups is 2. The predicted octanol–water partition coefficient (Wildman–Crippen LogP) is 3.11. The van der Waals surface area contributed by atoms with Crippen LogP contribution >= 0.6 is 11.3 Å². The Bertz CT molecular complexity index is 855. The summed E-state index contributed by atoms with van der Waals surface area (Å²) in [6.45, 7) is 0. The summed E-state index contributed by atoms with van der Waals surface area (Å²) in [5.74, 6) is 0.453. The lowest BCUT2D eigenvalue weighted by molar-refractivity contribution is -0.0371. The molecule has 1 aromatic heterocycles. The lowest BCUT2D eigenvalue weighted by Gasteiger charge is -2.39. The molecule has 6 N–H and O–H groups in total. The molecule has 26 heavy (non-hydrogen) atoms. The monoisotopic (exact) mass is 369 g/mol. The third-order valence-electron chi connectivity index (χ3n) is 5.06. The molecule has 2 heterocycles. The molecule has 1 fully saturated rings. The molecule has 7 heteroatoms. The summed E-state index contributed by atoms with van der Waals surface area (Å²) in [6.07, 6.45) is 4.96. The second-order valence-corrected chi connectivity index (χ2v) is 7.70. The molecule has 3 unspecified atom stereocenters. The molecular weight excluding hydrogens is 346 g/mol. The van der Waals surface area contributed by atoms with Crippen molar-refractivity contribution in [1.29, 1.82) is 0 Å². The largest absolute Gasteiger partial charge is 0.370 e. The van der Waals surface area contributed by atoms with Crippen LogP contribution in [0.1, 0.15) is 53.7 Å². The molecule has 3 atom stereocenters. The van der Waals surface area contributed by atoms with Crippen LogP contribution in [0.3, 0.4) is 0 Å². The van der Waals surface area contributed by atoms with Gasteiger partial charge in [0.05, 0.1) is 11.8 Å². The van der Waals surface area contributed by atoms with Gasteiger partial charge in [-0.3, -0.25) is 0 Å². The fourth-order valence-corrected chi connectivity index (χ4v) is 5.11. The Morgan fingerprint density at radius 1 is 1.04 bits per heavy atom. The van der Waals surface area contributed by atoms with Crippen LogP contribution in [0.5, 0.6) is 0 Å². The number of nitrogens with two attached hydrogens (primary N) is 3. The number of nitrogens with zero attached hydrogens (tertiary/aromatic N) is 2. The van der Waals surface area contributed by atoms with E-state index < -0.39 is 0 Å². The highest BCUT2D eigenvalue weighted by Gasteiger charge is 2.39. The molecule has 6 nitrogen and oxygen atoms in total. The highest BCUT2D eigenvalue weighted by atomic mass is 32.1. The van der Waals surface area contributed by atoms with Crippen molar-refractivity contribution >= 4 is 28.9 Å². The third kappa shape index (κ3) is 3.20. The second-order valence-electron chi connectivity index (χ2n) is 6.75. The van der Waals surface area contributed by atoms with E-state index in [9.17, 15) is 0 Å². The highest BCUT2D eigenvalue weighted by Crippen LogP contribution is 2.50. The Balaban J connectivity index is 1.75. The minimum Gasteiger partial charge on any atom is -0.370 e. The average molecular weight is 369 g/mol. The number of para-hydroxylation sites is 1. The Kier molecular flexibility index (Phi) is 4.65. The van der Waals surface area contributed by atoms with Gasteiger partial charge >= 0.3 is 0 Å². The summed E-state index contributed by atoms with van der Waals surface area (Å²) in [5.41, 5.74) is 19.6. The van der Waals surface area contributed by atoms with Crippen molar-refractivity contribution in [2.75, 3.05) is 0 Å². The maximum atomic E-state index is 6.58. The Morgan fingerprint density at radius 3 is 2.69 bits per heavy atom. The van der Waals surface area contributed by atoms with Crippen molar-refractivity contribution in [3.63, 3.8) is 0 Å². The number of rotatable bonds is 2. The quantitative estimate of drug-likeness (QED) is 0.557. The van der Waals surface area contributed by atoms with Crippen LogP contribution < -0.4 is 17.2 Å². The summed E-state index contributed by atoms with van der Waals surface area (Å²) in [7, 11) is 0. The first-order valence-corrected chi connectivity index (χ1v) is 9.77. The molecular formula is C19H23N5OS. The number of hydrogen-bond donors (Lipinski definition) is 3. The van der Waals surface area contributed by atoms with Crippen molar-refractivity contribution < 1.29 is 4.74 Å². The maximum absolute atomic E-state index is 6.58. The summed E-state index contributed by atoms with van der Waals surface area (Å²) >= 11 is 1.84. The number of fused-ring (bicyclic) bond motifs is 3. The standard InChI is InChI=1S/C19H23N5OS/c20-18(21)24-19(22)23-14-7-3-1-5-11(14)16-13-9-10-26-17(13)12-6-2-4-8-15(12)25-16/h1,3,5,7,9-10,12,15-16H,2,4,6,8H2,(H6,20,21,22,23,24). The highest BCUT2D eigenvalue weighted by molar-refractivity contribution is 7.10. The molecule has 4 rings (SSSR count). The van der Waals surface area contributed by atoms with E-state index >= 15 is 0 Å². The molecule has 2 aliphatic rings. The smallest absolute Gasteiger partial charge is 0.223 e. The van der Waals surface area contributed by atoms with Gasteiger partial charge in [0.25, 0.3) is 0 Å². The molecule has 136 valence electrons. The fraction of sp³-hybridized carbons (Fsp3) is 0.368. The zero-order valence-electron chi connectivity index (χ0n) is 14.5. The van der Waals surface area contributed by atoms with Gasteiger partial charge in [-0.15, -0.1) is 11.3 Å². The molecule has 1 saturated carbocycles. The minimum absolute atomic E-state index is 0.0364. The number of ether oxygens (including phenoxy) is 1. The first-order valence-electron chi connectivity index (χ1n) is 8.89. The van der Waals surface area contributed by atoms with E-state index in [0.717, 1.165) is 17.7 Å². The third-order valence-corrected chi connectivity index (χ3v) is 6.12.